The standard InChI is InChI=1S/C14H19ClN4/c1-10-5-6-12(8-11(10)2)19-13(4-3-7-16)17-18-14(19)9-15/h5-6,8H,3-4,7,9,16H2,1-2H3. The van der Waals surface area contributed by atoms with E-state index in [-0.39, 0.29) is 0 Å². The Labute approximate surface area is 118 Å². The lowest BCUT2D eigenvalue weighted by Crippen LogP contribution is -2.08. The summed E-state index contributed by atoms with van der Waals surface area (Å²) in [5.41, 5.74) is 9.15. The Morgan fingerprint density at radius 2 is 1.89 bits per heavy atom. The lowest BCUT2D eigenvalue weighted by Gasteiger charge is -2.11. The van der Waals surface area contributed by atoms with E-state index in [0.29, 0.717) is 12.4 Å². The van der Waals surface area contributed by atoms with Crippen LogP contribution < -0.4 is 5.73 Å². The number of aromatic nitrogens is 3. The van der Waals surface area contributed by atoms with Crippen LogP contribution in [-0.2, 0) is 12.3 Å². The summed E-state index contributed by atoms with van der Waals surface area (Å²) in [5, 5.41) is 8.38. The molecule has 0 unspecified atom stereocenters. The molecule has 2 N–H and O–H groups in total. The van der Waals surface area contributed by atoms with Gasteiger partial charge < -0.3 is 5.73 Å². The van der Waals surface area contributed by atoms with Gasteiger partial charge in [0.15, 0.2) is 5.82 Å². The van der Waals surface area contributed by atoms with E-state index in [0.717, 1.165) is 30.2 Å². The van der Waals surface area contributed by atoms with Crippen molar-refractivity contribution in [1.29, 1.82) is 0 Å². The highest BCUT2D eigenvalue weighted by Crippen LogP contribution is 2.19. The van der Waals surface area contributed by atoms with Crippen LogP contribution in [-0.4, -0.2) is 21.3 Å². The highest BCUT2D eigenvalue weighted by molar-refractivity contribution is 6.16. The average Bonchev–Trinajstić information content (AvgIpc) is 2.82. The second-order valence-corrected chi connectivity index (χ2v) is 4.93. The molecule has 0 spiro atoms. The van der Waals surface area contributed by atoms with Crippen molar-refractivity contribution < 1.29 is 0 Å². The number of nitrogens with zero attached hydrogens (tertiary/aromatic N) is 3. The van der Waals surface area contributed by atoms with Crippen LogP contribution in [0.15, 0.2) is 18.2 Å². The van der Waals surface area contributed by atoms with Gasteiger partial charge in [-0.05, 0) is 50.1 Å². The van der Waals surface area contributed by atoms with Gasteiger partial charge in [-0.1, -0.05) is 6.07 Å². The fourth-order valence-electron chi connectivity index (χ4n) is 2.03. The molecule has 1 aromatic carbocycles. The minimum atomic E-state index is 0.350. The molecule has 102 valence electrons. The molecule has 4 nitrogen and oxygen atoms in total. The monoisotopic (exact) mass is 278 g/mol. The van der Waals surface area contributed by atoms with Crippen molar-refractivity contribution in [3.8, 4) is 5.69 Å². The van der Waals surface area contributed by atoms with Crippen LogP contribution in [0.25, 0.3) is 5.69 Å². The van der Waals surface area contributed by atoms with Crippen molar-refractivity contribution in [3.05, 3.63) is 41.0 Å². The SMILES string of the molecule is Cc1ccc(-n2c(CCl)nnc2CCCN)cc1C. The maximum atomic E-state index is 5.95. The van der Waals surface area contributed by atoms with Gasteiger partial charge in [-0.2, -0.15) is 0 Å². The van der Waals surface area contributed by atoms with Crippen LogP contribution in [0, 0.1) is 13.8 Å². The van der Waals surface area contributed by atoms with E-state index in [2.05, 4.69) is 42.2 Å². The zero-order valence-electron chi connectivity index (χ0n) is 11.4. The molecule has 0 radical (unpaired) electrons. The lowest BCUT2D eigenvalue weighted by atomic mass is 10.1. The van der Waals surface area contributed by atoms with Crippen molar-refractivity contribution in [1.82, 2.24) is 14.8 Å². The van der Waals surface area contributed by atoms with Gasteiger partial charge in [0, 0.05) is 12.1 Å². The third-order valence-electron chi connectivity index (χ3n) is 3.27. The van der Waals surface area contributed by atoms with Crippen molar-refractivity contribution >= 4 is 11.6 Å². The number of hydrogen-bond acceptors (Lipinski definition) is 3. The fraction of sp³-hybridized carbons (Fsp3) is 0.429. The second-order valence-electron chi connectivity index (χ2n) is 4.66. The number of nitrogens with two attached hydrogens (primary N) is 1. The highest BCUT2D eigenvalue weighted by atomic mass is 35.5. The summed E-state index contributed by atoms with van der Waals surface area (Å²) in [7, 11) is 0. The van der Waals surface area contributed by atoms with Crippen LogP contribution in [0.1, 0.15) is 29.2 Å². The van der Waals surface area contributed by atoms with Crippen LogP contribution in [0.5, 0.6) is 0 Å². The van der Waals surface area contributed by atoms with Gasteiger partial charge in [-0.15, -0.1) is 21.8 Å². The van der Waals surface area contributed by atoms with Gasteiger partial charge in [0.2, 0.25) is 0 Å². The molecule has 2 aromatic rings. The predicted octanol–water partition coefficient (Wildman–Crippen LogP) is 2.51. The van der Waals surface area contributed by atoms with Gasteiger partial charge in [-0.3, -0.25) is 4.57 Å². The molecule has 0 fully saturated rings. The maximum Gasteiger partial charge on any atom is 0.152 e. The van der Waals surface area contributed by atoms with Crippen molar-refractivity contribution in [2.75, 3.05) is 6.54 Å². The maximum absolute atomic E-state index is 5.95. The van der Waals surface area contributed by atoms with Gasteiger partial charge in [0.05, 0.1) is 5.88 Å². The van der Waals surface area contributed by atoms with Crippen LogP contribution in [0.3, 0.4) is 0 Å². The summed E-state index contributed by atoms with van der Waals surface area (Å²) in [5.74, 6) is 2.05. The number of halogens is 1. The van der Waals surface area contributed by atoms with Crippen molar-refractivity contribution in [2.24, 2.45) is 5.73 Å². The first kappa shape index (κ1) is 14.0. The molecule has 0 aliphatic carbocycles. The summed E-state index contributed by atoms with van der Waals surface area (Å²) in [6.45, 7) is 4.85. The van der Waals surface area contributed by atoms with Crippen molar-refractivity contribution in [2.45, 2.75) is 32.6 Å². The Kier molecular flexibility index (Phi) is 4.56. The Balaban J connectivity index is 2.45. The fourth-order valence-corrected chi connectivity index (χ4v) is 2.20. The normalized spacial score (nSPS) is 10.9. The number of aryl methyl sites for hydroxylation is 3. The zero-order valence-corrected chi connectivity index (χ0v) is 12.1. The molecule has 0 amide bonds. The third-order valence-corrected chi connectivity index (χ3v) is 3.51. The summed E-state index contributed by atoms with van der Waals surface area (Å²) < 4.78 is 2.04. The summed E-state index contributed by atoms with van der Waals surface area (Å²) >= 11 is 5.95. The molecule has 0 saturated carbocycles. The largest absolute Gasteiger partial charge is 0.330 e. The lowest BCUT2D eigenvalue weighted by molar-refractivity contribution is 0.756. The molecule has 2 rings (SSSR count). The van der Waals surface area contributed by atoms with Crippen LogP contribution in [0.2, 0.25) is 0 Å². The minimum absolute atomic E-state index is 0.350. The smallest absolute Gasteiger partial charge is 0.152 e. The van der Waals surface area contributed by atoms with E-state index in [1.54, 1.807) is 0 Å². The molecular formula is C14H19ClN4. The number of alkyl halides is 1. The third kappa shape index (κ3) is 2.96. The topological polar surface area (TPSA) is 56.7 Å². The van der Waals surface area contributed by atoms with Gasteiger partial charge >= 0.3 is 0 Å². The highest BCUT2D eigenvalue weighted by Gasteiger charge is 2.13. The molecule has 5 heteroatoms. The Hall–Kier alpha value is -1.39. The van der Waals surface area contributed by atoms with E-state index in [1.165, 1.54) is 11.1 Å². The average molecular weight is 279 g/mol. The number of rotatable bonds is 5. The van der Waals surface area contributed by atoms with Crippen molar-refractivity contribution in [3.63, 3.8) is 0 Å². The summed E-state index contributed by atoms with van der Waals surface area (Å²) in [6.07, 6.45) is 1.71. The molecular weight excluding hydrogens is 260 g/mol. The zero-order chi connectivity index (χ0) is 13.8. The van der Waals surface area contributed by atoms with Crippen LogP contribution in [0.4, 0.5) is 0 Å². The number of hydrogen-bond donors (Lipinski definition) is 1. The second kappa shape index (κ2) is 6.17. The molecule has 0 aliphatic rings. The Bertz CT molecular complexity index is 563. The summed E-state index contributed by atoms with van der Waals surface area (Å²) in [6, 6.07) is 6.32. The van der Waals surface area contributed by atoms with E-state index in [1.807, 2.05) is 4.57 Å². The Morgan fingerprint density at radius 3 is 2.53 bits per heavy atom. The molecule has 1 heterocycles. The first-order valence-corrected chi connectivity index (χ1v) is 6.97. The molecule has 0 aliphatic heterocycles. The summed E-state index contributed by atoms with van der Waals surface area (Å²) in [4.78, 5) is 0. The number of benzene rings is 1. The van der Waals surface area contributed by atoms with E-state index < -0.39 is 0 Å². The molecule has 19 heavy (non-hydrogen) atoms. The van der Waals surface area contributed by atoms with Gasteiger partial charge in [0.25, 0.3) is 0 Å². The predicted molar refractivity (Wildman–Crippen MR) is 77.8 cm³/mol. The first-order chi connectivity index (χ1) is 9.17. The molecule has 0 bridgehead atoms. The Morgan fingerprint density at radius 1 is 1.16 bits per heavy atom. The quantitative estimate of drug-likeness (QED) is 0.855. The van der Waals surface area contributed by atoms with Crippen LogP contribution >= 0.6 is 11.6 Å². The van der Waals surface area contributed by atoms with Gasteiger partial charge in [-0.25, -0.2) is 0 Å². The minimum Gasteiger partial charge on any atom is -0.330 e. The van der Waals surface area contributed by atoms with E-state index in [4.69, 9.17) is 17.3 Å². The molecule has 1 aromatic heterocycles. The first-order valence-electron chi connectivity index (χ1n) is 6.44. The molecule has 0 atom stereocenters. The molecule has 0 saturated heterocycles. The van der Waals surface area contributed by atoms with E-state index in [9.17, 15) is 0 Å². The van der Waals surface area contributed by atoms with E-state index >= 15 is 0 Å². The van der Waals surface area contributed by atoms with Gasteiger partial charge in [0.1, 0.15) is 5.82 Å².